The zero-order valence-electron chi connectivity index (χ0n) is 10.9. The van der Waals surface area contributed by atoms with Gasteiger partial charge in [0.05, 0.1) is 0 Å². The zero-order valence-corrected chi connectivity index (χ0v) is 16.0. The second kappa shape index (κ2) is 13.6. The minimum atomic E-state index is -0.0185. The lowest BCUT2D eigenvalue weighted by Gasteiger charge is -2.13. The molecule has 0 fully saturated rings. The first kappa shape index (κ1) is 20.9. The predicted molar refractivity (Wildman–Crippen MR) is 106 cm³/mol. The second-order valence-corrected chi connectivity index (χ2v) is 9.35. The van der Waals surface area contributed by atoms with Crippen molar-refractivity contribution in [1.82, 2.24) is 0 Å². The van der Waals surface area contributed by atoms with E-state index in [1.807, 2.05) is 0 Å². The summed E-state index contributed by atoms with van der Waals surface area (Å²) in [6.07, 6.45) is 2.65. The van der Waals surface area contributed by atoms with Gasteiger partial charge in [0.25, 0.3) is 0 Å². The van der Waals surface area contributed by atoms with Crippen LogP contribution in [0.15, 0.2) is 25.3 Å². The normalized spacial score (nSPS) is 13.5. The van der Waals surface area contributed by atoms with E-state index in [0.717, 1.165) is 11.5 Å². The summed E-state index contributed by atoms with van der Waals surface area (Å²) in [6.45, 7) is 6.91. The van der Waals surface area contributed by atoms with Gasteiger partial charge in [0.1, 0.15) is 0 Å². The quantitative estimate of drug-likeness (QED) is 0.243. The monoisotopic (exact) mass is 386 g/mol. The van der Waals surface area contributed by atoms with Gasteiger partial charge >= 0.3 is 0 Å². The maximum atomic E-state index is 11.3. The molecule has 0 heterocycles. The summed E-state index contributed by atoms with van der Waals surface area (Å²) >= 11 is 11.0. The van der Waals surface area contributed by atoms with Crippen LogP contribution in [0.3, 0.4) is 0 Å². The van der Waals surface area contributed by atoms with Gasteiger partial charge in [-0.05, 0) is 12.2 Å². The van der Waals surface area contributed by atoms with Crippen LogP contribution in [-0.2, 0) is 9.59 Å². The fraction of sp³-hybridized carbons (Fsp3) is 0.500. The van der Waals surface area contributed by atoms with E-state index in [9.17, 15) is 9.59 Å². The summed E-state index contributed by atoms with van der Waals surface area (Å²) in [6, 6.07) is 0. The van der Waals surface area contributed by atoms with Crippen molar-refractivity contribution in [3.63, 3.8) is 0 Å². The molecule has 2 unspecified atom stereocenters. The summed E-state index contributed by atoms with van der Waals surface area (Å²) in [5, 5.41) is 0.321. The third kappa shape index (κ3) is 10.6. The van der Waals surface area contributed by atoms with Crippen molar-refractivity contribution < 1.29 is 9.59 Å². The van der Waals surface area contributed by atoms with Crippen LogP contribution in [0.5, 0.6) is 0 Å². The first-order valence-corrected chi connectivity index (χ1v) is 11.2. The number of carbonyl (C=O) groups excluding carboxylic acids is 2. The van der Waals surface area contributed by atoms with E-state index in [2.05, 4.69) is 38.4 Å². The van der Waals surface area contributed by atoms with Gasteiger partial charge < -0.3 is 0 Å². The van der Waals surface area contributed by atoms with Crippen LogP contribution in [0.1, 0.15) is 0 Å². The molecule has 0 aromatic heterocycles. The van der Waals surface area contributed by atoms with E-state index in [1.165, 1.54) is 35.7 Å². The molecule has 0 saturated carbocycles. The van der Waals surface area contributed by atoms with Crippen molar-refractivity contribution >= 4 is 80.6 Å². The van der Waals surface area contributed by atoms with Crippen molar-refractivity contribution in [2.24, 2.45) is 0 Å². The van der Waals surface area contributed by atoms with E-state index in [4.69, 9.17) is 0 Å². The van der Waals surface area contributed by atoms with Gasteiger partial charge in [-0.1, -0.05) is 58.3 Å². The van der Waals surface area contributed by atoms with Crippen molar-refractivity contribution in [3.8, 4) is 0 Å². The Morgan fingerprint density at radius 1 is 0.900 bits per heavy atom. The summed E-state index contributed by atoms with van der Waals surface area (Å²) in [4.78, 5) is 22.5. The predicted octanol–water partition coefficient (Wildman–Crippen LogP) is 3.86. The van der Waals surface area contributed by atoms with Crippen LogP contribution in [0.25, 0.3) is 0 Å². The molecule has 0 aromatic rings. The van der Waals surface area contributed by atoms with Crippen molar-refractivity contribution in [2.45, 2.75) is 10.5 Å². The van der Waals surface area contributed by atoms with Crippen LogP contribution < -0.4 is 0 Å². The first-order chi connectivity index (χ1) is 9.57. The van der Waals surface area contributed by atoms with Gasteiger partial charge in [-0.15, -0.1) is 0 Å². The Hall–Kier alpha value is 0.920. The Morgan fingerprint density at radius 2 is 1.25 bits per heavy atom. The Morgan fingerprint density at radius 3 is 1.50 bits per heavy atom. The number of carbonyl (C=O) groups is 2. The lowest BCUT2D eigenvalue weighted by atomic mass is 10.5. The van der Waals surface area contributed by atoms with E-state index in [0.29, 0.717) is 11.5 Å². The molecule has 0 aromatic carbocycles. The van der Waals surface area contributed by atoms with Gasteiger partial charge in [0.2, 0.25) is 10.2 Å². The van der Waals surface area contributed by atoms with Crippen LogP contribution in [0.2, 0.25) is 0 Å². The third-order valence-electron chi connectivity index (χ3n) is 1.90. The Kier molecular flexibility index (Phi) is 14.2. The minimum Gasteiger partial charge on any atom is -0.282 e. The first-order valence-electron chi connectivity index (χ1n) is 5.69. The molecule has 8 heteroatoms. The Labute approximate surface area is 148 Å². The van der Waals surface area contributed by atoms with Gasteiger partial charge in [0, 0.05) is 33.5 Å². The highest BCUT2D eigenvalue weighted by Gasteiger charge is 2.14. The number of rotatable bonds is 11. The molecule has 0 spiro atoms. The fourth-order valence-electron chi connectivity index (χ4n) is 0.921. The molecular weight excluding hydrogens is 369 g/mol. The molecule has 2 nitrogen and oxygen atoms in total. The maximum Gasteiger partial charge on any atom is 0.211 e. The highest BCUT2D eigenvalue weighted by Crippen LogP contribution is 2.30. The zero-order chi connectivity index (χ0) is 15.4. The lowest BCUT2D eigenvalue weighted by molar-refractivity contribution is -0.107. The van der Waals surface area contributed by atoms with Crippen LogP contribution in [-0.4, -0.2) is 43.7 Å². The Balaban J connectivity index is 3.91. The average Bonchev–Trinajstić information content (AvgIpc) is 2.48. The van der Waals surface area contributed by atoms with E-state index in [1.54, 1.807) is 21.6 Å². The standard InChI is InChI=1S/C12H18O2S6/c1-3-11(13)19-9(5-15)7-17-18-8-10(6-16)20-12(14)4-2/h3-4,9-10,15-16H,1-2,5-8H2. The van der Waals surface area contributed by atoms with Gasteiger partial charge in [-0.25, -0.2) is 0 Å². The fourth-order valence-corrected chi connectivity index (χ4v) is 6.74. The second-order valence-electron chi connectivity index (χ2n) is 3.46. The van der Waals surface area contributed by atoms with Gasteiger partial charge in [-0.2, -0.15) is 25.3 Å². The van der Waals surface area contributed by atoms with E-state index >= 15 is 0 Å². The third-order valence-corrected chi connectivity index (χ3v) is 8.39. The van der Waals surface area contributed by atoms with Crippen molar-refractivity contribution in [3.05, 3.63) is 25.3 Å². The highest BCUT2D eigenvalue weighted by atomic mass is 33.1. The van der Waals surface area contributed by atoms with Crippen LogP contribution >= 0.6 is 70.4 Å². The molecule has 0 rings (SSSR count). The highest BCUT2D eigenvalue weighted by molar-refractivity contribution is 8.76. The lowest BCUT2D eigenvalue weighted by Crippen LogP contribution is -2.12. The van der Waals surface area contributed by atoms with E-state index in [-0.39, 0.29) is 20.7 Å². The topological polar surface area (TPSA) is 34.1 Å². The molecule has 0 aliphatic heterocycles. The molecule has 0 aliphatic carbocycles. The van der Waals surface area contributed by atoms with Crippen molar-refractivity contribution in [1.29, 1.82) is 0 Å². The molecular formula is C12H18O2S6. The number of hydrogen-bond donors (Lipinski definition) is 2. The molecule has 0 bridgehead atoms. The molecule has 20 heavy (non-hydrogen) atoms. The average molecular weight is 387 g/mol. The van der Waals surface area contributed by atoms with Gasteiger partial charge in [0.15, 0.2) is 0 Å². The number of thiol groups is 2. The van der Waals surface area contributed by atoms with Crippen LogP contribution in [0, 0.1) is 0 Å². The molecule has 0 radical (unpaired) electrons. The summed E-state index contributed by atoms with van der Waals surface area (Å²) < 4.78 is 0. The van der Waals surface area contributed by atoms with Gasteiger partial charge in [-0.3, -0.25) is 9.59 Å². The molecule has 0 saturated heterocycles. The van der Waals surface area contributed by atoms with E-state index < -0.39 is 0 Å². The van der Waals surface area contributed by atoms with Crippen molar-refractivity contribution in [2.75, 3.05) is 23.0 Å². The minimum absolute atomic E-state index is 0.0185. The maximum absolute atomic E-state index is 11.3. The largest absolute Gasteiger partial charge is 0.282 e. The molecule has 2 atom stereocenters. The molecule has 0 aliphatic rings. The van der Waals surface area contributed by atoms with Crippen LogP contribution in [0.4, 0.5) is 0 Å². The number of thioether (sulfide) groups is 2. The summed E-state index contributed by atoms with van der Waals surface area (Å²) in [5.41, 5.74) is 0. The summed E-state index contributed by atoms with van der Waals surface area (Å²) in [5.74, 6) is 2.96. The summed E-state index contributed by atoms with van der Waals surface area (Å²) in [7, 11) is 3.39. The smallest absolute Gasteiger partial charge is 0.211 e. The molecule has 0 amide bonds. The SMILES string of the molecule is C=CC(=O)SC(CS)CSSCC(CS)SC(=O)C=C. The number of hydrogen-bond acceptors (Lipinski definition) is 8. The Bertz CT molecular complexity index is 302. The molecule has 114 valence electrons. The molecule has 0 N–H and O–H groups in total.